The van der Waals surface area contributed by atoms with Gasteiger partial charge in [-0.3, -0.25) is 9.59 Å². The number of amidine groups is 1. The van der Waals surface area contributed by atoms with Crippen molar-refractivity contribution in [2.45, 2.75) is 30.6 Å². The zero-order chi connectivity index (χ0) is 19.6. The van der Waals surface area contributed by atoms with Gasteiger partial charge in [0.05, 0.1) is 6.54 Å². The van der Waals surface area contributed by atoms with Gasteiger partial charge in [-0.25, -0.2) is 0 Å². The number of carboxylic acid groups (broad SMARTS) is 1. The molecule has 1 fully saturated rings. The average molecular weight is 393 g/mol. The standard InChI is InChI=1S/C18H23N3O5S/c1-20(18-14-6-2-3-7-15(14)27(25,26)19-18)12-16(22)21-10-4-5-13(11-21)8-9-17(23)24/h2-3,6-7,13H,4-5,8-12H2,1H3,(H,23,24). The van der Waals surface area contributed by atoms with Gasteiger partial charge in [0.25, 0.3) is 10.0 Å². The predicted octanol–water partition coefficient (Wildman–Crippen LogP) is 1.17. The van der Waals surface area contributed by atoms with E-state index in [1.54, 1.807) is 35.0 Å². The van der Waals surface area contributed by atoms with Crippen molar-refractivity contribution in [2.24, 2.45) is 10.3 Å². The van der Waals surface area contributed by atoms with Gasteiger partial charge in [-0.2, -0.15) is 8.42 Å². The second-order valence-electron chi connectivity index (χ2n) is 7.02. The van der Waals surface area contributed by atoms with Crippen LogP contribution in [0.1, 0.15) is 31.2 Å². The summed E-state index contributed by atoms with van der Waals surface area (Å²) in [6, 6.07) is 6.57. The van der Waals surface area contributed by atoms with Crippen molar-refractivity contribution in [3.63, 3.8) is 0 Å². The van der Waals surface area contributed by atoms with Gasteiger partial charge in [-0.05, 0) is 37.3 Å². The van der Waals surface area contributed by atoms with Crippen LogP contribution in [0.25, 0.3) is 0 Å². The number of nitrogens with zero attached hydrogens (tertiary/aromatic N) is 3. The van der Waals surface area contributed by atoms with E-state index >= 15 is 0 Å². The van der Waals surface area contributed by atoms with Crippen molar-refractivity contribution < 1.29 is 23.1 Å². The Balaban J connectivity index is 1.65. The van der Waals surface area contributed by atoms with Crippen LogP contribution in [-0.2, 0) is 19.6 Å². The first-order valence-electron chi connectivity index (χ1n) is 8.93. The number of likely N-dealkylation sites (N-methyl/N-ethyl adjacent to an activating group) is 1. The van der Waals surface area contributed by atoms with Crippen molar-refractivity contribution in [1.29, 1.82) is 0 Å². The molecule has 0 aromatic heterocycles. The fraction of sp³-hybridized carbons (Fsp3) is 0.500. The highest BCUT2D eigenvalue weighted by Gasteiger charge is 2.32. The number of likely N-dealkylation sites (tertiary alicyclic amines) is 1. The number of benzene rings is 1. The lowest BCUT2D eigenvalue weighted by atomic mass is 9.93. The van der Waals surface area contributed by atoms with Crippen LogP contribution >= 0.6 is 0 Å². The lowest BCUT2D eigenvalue weighted by molar-refractivity contribution is -0.137. The summed E-state index contributed by atoms with van der Waals surface area (Å²) in [6.45, 7) is 1.20. The summed E-state index contributed by atoms with van der Waals surface area (Å²) in [4.78, 5) is 26.9. The summed E-state index contributed by atoms with van der Waals surface area (Å²) >= 11 is 0. The number of piperidine rings is 1. The van der Waals surface area contributed by atoms with Gasteiger partial charge in [-0.1, -0.05) is 12.1 Å². The highest BCUT2D eigenvalue weighted by molar-refractivity contribution is 7.90. The monoisotopic (exact) mass is 393 g/mol. The molecule has 3 rings (SSSR count). The first kappa shape index (κ1) is 19.3. The van der Waals surface area contributed by atoms with Crippen LogP contribution in [0.3, 0.4) is 0 Å². The van der Waals surface area contributed by atoms with Crippen molar-refractivity contribution in [3.8, 4) is 0 Å². The third-order valence-corrected chi connectivity index (χ3v) is 6.31. The SMILES string of the molecule is CN(CC(=O)N1CCCC(CCC(=O)O)C1)C1=NS(=O)(=O)c2ccccc21. The number of sulfonamides is 1. The lowest BCUT2D eigenvalue weighted by Gasteiger charge is -2.34. The first-order valence-corrected chi connectivity index (χ1v) is 10.4. The fourth-order valence-electron chi connectivity index (χ4n) is 3.60. The summed E-state index contributed by atoms with van der Waals surface area (Å²) in [6.07, 6.45) is 2.44. The Bertz CT molecular complexity index is 881. The molecule has 2 aliphatic rings. The van der Waals surface area contributed by atoms with Crippen LogP contribution < -0.4 is 0 Å². The number of fused-ring (bicyclic) bond motifs is 1. The Morgan fingerprint density at radius 2 is 2.07 bits per heavy atom. The van der Waals surface area contributed by atoms with Crippen molar-refractivity contribution in [3.05, 3.63) is 29.8 Å². The summed E-state index contributed by atoms with van der Waals surface area (Å²) in [5, 5.41) is 8.83. The average Bonchev–Trinajstić information content (AvgIpc) is 2.92. The van der Waals surface area contributed by atoms with Gasteiger partial charge >= 0.3 is 5.97 Å². The Morgan fingerprint density at radius 3 is 2.81 bits per heavy atom. The molecule has 1 aromatic carbocycles. The number of carbonyl (C=O) groups is 2. The molecule has 8 nitrogen and oxygen atoms in total. The fourth-order valence-corrected chi connectivity index (χ4v) is 4.85. The maximum absolute atomic E-state index is 12.7. The zero-order valence-electron chi connectivity index (χ0n) is 15.2. The molecule has 1 atom stereocenters. The van der Waals surface area contributed by atoms with Gasteiger partial charge < -0.3 is 14.9 Å². The van der Waals surface area contributed by atoms with E-state index in [-0.39, 0.29) is 35.5 Å². The molecule has 1 aromatic rings. The molecule has 1 amide bonds. The second kappa shape index (κ2) is 7.67. The molecule has 0 spiro atoms. The van der Waals surface area contributed by atoms with Crippen LogP contribution in [0.2, 0.25) is 0 Å². The molecule has 9 heteroatoms. The van der Waals surface area contributed by atoms with Gasteiger partial charge in [-0.15, -0.1) is 4.40 Å². The van der Waals surface area contributed by atoms with E-state index in [1.807, 2.05) is 0 Å². The van der Waals surface area contributed by atoms with E-state index in [0.717, 1.165) is 12.8 Å². The van der Waals surface area contributed by atoms with Crippen molar-refractivity contribution in [1.82, 2.24) is 9.80 Å². The third kappa shape index (κ3) is 4.29. The minimum Gasteiger partial charge on any atom is -0.481 e. The maximum atomic E-state index is 12.7. The number of hydrogen-bond donors (Lipinski definition) is 1. The van der Waals surface area contributed by atoms with Gasteiger partial charge in [0, 0.05) is 32.1 Å². The molecule has 1 N–H and O–H groups in total. The minimum absolute atomic E-state index is 0.0222. The normalized spacial score (nSPS) is 20.7. The Morgan fingerprint density at radius 1 is 1.33 bits per heavy atom. The molecular formula is C18H23N3O5S. The molecule has 2 aliphatic heterocycles. The van der Waals surface area contributed by atoms with E-state index < -0.39 is 16.0 Å². The molecule has 0 saturated carbocycles. The second-order valence-corrected chi connectivity index (χ2v) is 8.60. The van der Waals surface area contributed by atoms with Gasteiger partial charge in [0.2, 0.25) is 5.91 Å². The van der Waals surface area contributed by atoms with Gasteiger partial charge in [0.1, 0.15) is 4.90 Å². The Labute approximate surface area is 158 Å². The molecule has 1 unspecified atom stereocenters. The molecule has 2 heterocycles. The smallest absolute Gasteiger partial charge is 0.303 e. The Hall–Kier alpha value is -2.42. The van der Waals surface area contributed by atoms with Crippen LogP contribution in [0.5, 0.6) is 0 Å². The van der Waals surface area contributed by atoms with Crippen LogP contribution in [0, 0.1) is 5.92 Å². The molecule has 146 valence electrons. The van der Waals surface area contributed by atoms with E-state index in [1.165, 1.54) is 6.07 Å². The molecule has 1 saturated heterocycles. The number of hydrogen-bond acceptors (Lipinski definition) is 5. The number of aliphatic carboxylic acids is 1. The summed E-state index contributed by atoms with van der Waals surface area (Å²) < 4.78 is 28.2. The molecular weight excluding hydrogens is 370 g/mol. The summed E-state index contributed by atoms with van der Waals surface area (Å²) in [5.41, 5.74) is 0.505. The van der Waals surface area contributed by atoms with Crippen LogP contribution in [0.4, 0.5) is 0 Å². The third-order valence-electron chi connectivity index (χ3n) is 4.98. The minimum atomic E-state index is -3.72. The molecule has 0 bridgehead atoms. The van der Waals surface area contributed by atoms with Crippen molar-refractivity contribution in [2.75, 3.05) is 26.7 Å². The van der Waals surface area contributed by atoms with E-state index in [9.17, 15) is 18.0 Å². The molecule has 0 radical (unpaired) electrons. The summed E-state index contributed by atoms with van der Waals surface area (Å²) in [5.74, 6) is -0.466. The van der Waals surface area contributed by atoms with Crippen LogP contribution in [0.15, 0.2) is 33.6 Å². The lowest BCUT2D eigenvalue weighted by Crippen LogP contribution is -2.45. The highest BCUT2D eigenvalue weighted by atomic mass is 32.2. The quantitative estimate of drug-likeness (QED) is 0.805. The predicted molar refractivity (Wildman–Crippen MR) is 99.0 cm³/mol. The zero-order valence-corrected chi connectivity index (χ0v) is 16.0. The van der Waals surface area contributed by atoms with Gasteiger partial charge in [0.15, 0.2) is 5.84 Å². The topological polar surface area (TPSA) is 107 Å². The number of carbonyl (C=O) groups excluding carboxylic acids is 1. The highest BCUT2D eigenvalue weighted by Crippen LogP contribution is 2.27. The number of carboxylic acids is 1. The summed E-state index contributed by atoms with van der Waals surface area (Å²) in [7, 11) is -2.07. The van der Waals surface area contributed by atoms with E-state index in [2.05, 4.69) is 4.40 Å². The van der Waals surface area contributed by atoms with Crippen LogP contribution in [-0.4, -0.2) is 67.7 Å². The van der Waals surface area contributed by atoms with E-state index in [4.69, 9.17) is 5.11 Å². The van der Waals surface area contributed by atoms with Crippen molar-refractivity contribution >= 4 is 27.7 Å². The molecule has 27 heavy (non-hydrogen) atoms. The van der Waals surface area contributed by atoms with E-state index in [0.29, 0.717) is 25.1 Å². The largest absolute Gasteiger partial charge is 0.481 e. The maximum Gasteiger partial charge on any atom is 0.303 e. The number of amides is 1. The first-order chi connectivity index (χ1) is 12.8. The number of rotatable bonds is 5. The Kier molecular flexibility index (Phi) is 5.50. The molecule has 0 aliphatic carbocycles.